The highest BCUT2D eigenvalue weighted by atomic mass is 79.9. The number of nitrogens with one attached hydrogen (secondary N) is 13. The highest BCUT2D eigenvalue weighted by Crippen LogP contribution is 2.37. The van der Waals surface area contributed by atoms with Gasteiger partial charge >= 0.3 is 0 Å². The highest BCUT2D eigenvalue weighted by molar-refractivity contribution is 9.10. The lowest BCUT2D eigenvalue weighted by Crippen LogP contribution is -2.38. The third-order valence-corrected chi connectivity index (χ3v) is 27.8. The highest BCUT2D eigenvalue weighted by Gasteiger charge is 2.41. The van der Waals surface area contributed by atoms with Crippen LogP contribution >= 0.6 is 27.5 Å². The zero-order chi connectivity index (χ0) is 106. The number of carbonyl (C=O) groups is 4. The largest absolute Gasteiger partial charge is 0.340 e. The Morgan fingerprint density at radius 3 is 1.11 bits per heavy atom. The molecule has 764 valence electrons. The monoisotopic (exact) mass is 2140 g/mol. The number of nitrogens with zero attached hydrogens (tertiary/aromatic N) is 12. The van der Waals surface area contributed by atoms with Crippen molar-refractivity contribution in [3.63, 3.8) is 0 Å². The van der Waals surface area contributed by atoms with E-state index < -0.39 is 30.1 Å². The molecule has 15 aromatic rings. The molecule has 1 fully saturated rings. The number of nitrogens with two attached hydrogens (primary N) is 2. The topological polar surface area (TPSA) is 515 Å². The van der Waals surface area contributed by atoms with Crippen molar-refractivity contribution in [1.82, 2.24) is 59.0 Å². The van der Waals surface area contributed by atoms with Crippen molar-refractivity contribution in [1.29, 1.82) is 0 Å². The number of aryl methyl sites for hydroxylation is 7. The quantitative estimate of drug-likeness (QED) is 0.0142. The fourth-order valence-corrected chi connectivity index (χ4v) is 18.4. The molecule has 3 aliphatic rings. The Balaban J connectivity index is 0.000000147. The van der Waals surface area contributed by atoms with E-state index in [1.807, 2.05) is 206 Å². The van der Waals surface area contributed by atoms with Crippen LogP contribution in [0.5, 0.6) is 0 Å². The second-order valence-electron chi connectivity index (χ2n) is 34.5. The Morgan fingerprint density at radius 2 is 0.705 bits per heavy atom. The first-order valence-corrected chi connectivity index (χ1v) is 52.5. The Kier molecular flexibility index (Phi) is 36.1. The number of halogens is 2. The van der Waals surface area contributed by atoms with Gasteiger partial charge in [-0.25, -0.2) is 60.5 Å². The van der Waals surface area contributed by atoms with Crippen molar-refractivity contribution in [2.45, 2.75) is 102 Å². The average molecular weight is 2140 g/mol. The van der Waals surface area contributed by atoms with Crippen molar-refractivity contribution in [3.8, 4) is 0 Å². The molecule has 0 unspecified atom stereocenters. The van der Waals surface area contributed by atoms with E-state index in [2.05, 4.69) is 167 Å². The smallest absolute Gasteiger partial charge is 0.247 e. The molecule has 0 spiro atoms. The number of para-hydroxylation sites is 1. The Morgan fingerprint density at radius 1 is 0.362 bits per heavy atom. The van der Waals surface area contributed by atoms with Gasteiger partial charge in [-0.15, -0.1) is 11.6 Å². The molecule has 17 N–H and O–H groups in total. The maximum Gasteiger partial charge on any atom is 0.247 e. The van der Waals surface area contributed by atoms with Crippen molar-refractivity contribution in [2.75, 3.05) is 88.1 Å². The van der Waals surface area contributed by atoms with Gasteiger partial charge < -0.3 is 74.0 Å². The molecular formula is C107H109BrClN27O10S3. The van der Waals surface area contributed by atoms with E-state index in [0.717, 1.165) is 125 Å². The zero-order valence-electron chi connectivity index (χ0n) is 82.2. The number of anilines is 23. The molecule has 10 aromatic carbocycles. The van der Waals surface area contributed by atoms with Gasteiger partial charge in [0.1, 0.15) is 35.0 Å². The van der Waals surface area contributed by atoms with Gasteiger partial charge in [0.25, 0.3) is 0 Å². The molecule has 1 saturated carbocycles. The number of hydrogen-bond donors (Lipinski definition) is 15. The first-order valence-electron chi connectivity index (χ1n) is 46.6. The minimum atomic E-state index is -3.82. The van der Waals surface area contributed by atoms with Gasteiger partial charge in [-0.2, -0.15) is 29.2 Å². The maximum atomic E-state index is 12.6. The van der Waals surface area contributed by atoms with Crippen LogP contribution in [0, 0.1) is 48.5 Å². The molecule has 42 heteroatoms. The second-order valence-corrected chi connectivity index (χ2v) is 41.1. The van der Waals surface area contributed by atoms with Crippen molar-refractivity contribution in [2.24, 2.45) is 10.3 Å². The normalized spacial score (nSPS) is 12.4. The van der Waals surface area contributed by atoms with E-state index in [1.165, 1.54) is 53.6 Å². The molecule has 5 aromatic heterocycles. The van der Waals surface area contributed by atoms with Gasteiger partial charge in [-0.05, 0) is 277 Å². The summed E-state index contributed by atoms with van der Waals surface area (Å²) in [6, 6.07) is 70.1. The van der Waals surface area contributed by atoms with Gasteiger partial charge in [-0.3, -0.25) is 19.2 Å². The molecule has 4 amide bonds. The fourth-order valence-electron chi connectivity index (χ4n) is 14.9. The number of hydrogen-bond acceptors (Lipinski definition) is 30. The number of benzene rings is 10. The molecule has 0 bridgehead atoms. The lowest BCUT2D eigenvalue weighted by molar-refractivity contribution is -0.129. The molecule has 1 aliphatic carbocycles. The number of alkyl halides is 1. The number of fused-ring (bicyclic) bond motifs is 2. The van der Waals surface area contributed by atoms with Crippen molar-refractivity contribution < 1.29 is 44.4 Å². The number of amides is 4. The van der Waals surface area contributed by atoms with Gasteiger partial charge in [0.15, 0.2) is 0 Å². The Hall–Kier alpha value is -16.8. The molecule has 18 rings (SSSR count). The minimum Gasteiger partial charge on any atom is -0.340 e. The second kappa shape index (κ2) is 49.9. The van der Waals surface area contributed by atoms with Gasteiger partial charge in [-0.1, -0.05) is 115 Å². The van der Waals surface area contributed by atoms with E-state index in [1.54, 1.807) is 76.6 Å². The summed E-state index contributed by atoms with van der Waals surface area (Å²) in [7, 11) is -10.8. The summed E-state index contributed by atoms with van der Waals surface area (Å²) in [4.78, 5) is 92.4. The van der Waals surface area contributed by atoms with E-state index in [0.29, 0.717) is 114 Å². The first-order chi connectivity index (χ1) is 71.4. The summed E-state index contributed by atoms with van der Waals surface area (Å²) in [5.74, 6) is 4.52. The van der Waals surface area contributed by atoms with Crippen LogP contribution in [-0.4, -0.2) is 132 Å². The maximum absolute atomic E-state index is 12.6. The number of primary sulfonamides is 2. The van der Waals surface area contributed by atoms with E-state index in [-0.39, 0.29) is 44.5 Å². The van der Waals surface area contributed by atoms with Gasteiger partial charge in [0, 0.05) is 163 Å². The standard InChI is InChI=1S/C23H26N6O4S2.C22H23ClN6O3S.C22H23N5O.C20H18BrN5O.C20H19N5O/c1-15-13-25-23(27-18-3-2-4-21(12-18)34(24,30)31)28-22(15)26-19-6-5-17-14-29(10-9-16(17)11-19)35(32,33)20-7-8-20;1-14-12-25-22(27-17-3-2-4-19(10-17)33(24,31)32)28-21(14)26-18-6-5-16-13-29(20(30)11-23)8-7-15(16)9-18;1-5-20(28)24-18-10-9-15(3)19(12-18)26-22-23-13-16(4)21(27-22)25-17-8-6-7-14(2)11-17;1-3-18(27)23-16-8-5-9-17(11-16)25-20-22-12-13(2)19(26-20)24-15-7-4-6-14(21)10-15;1-3-18(26)22-16-10-7-11-17(12-16)23-19-14(2)13-21-20(25-19)24-15-8-5-4-6-9-15/h2-6,11-13,20H,7-10,14H2,1H3,(H2,24,30,31)(H2,25,26,27,28);2-6,9-10,12H,7-8,11,13H2,1H3,(H2,24,31,32)(H2,25,26,27,28);5-13H,1H2,2-4H3,(H,24,28)(H2,23,25,26,27);3-12H,1H2,2H3,(H,23,27)(H2,22,24,25,26);3-13H,1H2,2H3,(H,22,26)(H2,21,23,24,25). The summed E-state index contributed by atoms with van der Waals surface area (Å²) in [5, 5.41) is 50.5. The Labute approximate surface area is 877 Å². The molecule has 0 saturated heterocycles. The SMILES string of the molecule is C=CC(=O)Nc1ccc(C)c(Nc2ncc(C)c(Nc3cccc(C)c3)n2)c1.C=CC(=O)Nc1cccc(Nc2nc(Nc3ccccc3)ncc2C)c1.C=CC(=O)Nc1cccc(Nc2ncc(C)c(Nc3cccc(Br)c3)n2)c1.Cc1cnc(Nc2cccc(S(N)(=O)=O)c2)nc1Nc1ccc2c(c1)CCN(C(=O)CCl)C2.Cc1cnc(Nc2cccc(S(N)(=O)=O)c2)nc1Nc1ccc2c(c1)CCN(S(=O)(=O)C1CC1)C2. The van der Waals surface area contributed by atoms with Crippen LogP contribution in [0.25, 0.3) is 0 Å². The number of aromatic nitrogens is 10. The van der Waals surface area contributed by atoms with Crippen LogP contribution in [0.4, 0.5) is 133 Å². The van der Waals surface area contributed by atoms with Crippen LogP contribution < -0.4 is 79.4 Å². The number of sulfonamides is 3. The predicted molar refractivity (Wildman–Crippen MR) is 593 cm³/mol. The van der Waals surface area contributed by atoms with Crippen LogP contribution in [0.1, 0.15) is 74.0 Å². The van der Waals surface area contributed by atoms with Crippen LogP contribution in [0.15, 0.2) is 314 Å². The summed E-state index contributed by atoms with van der Waals surface area (Å²) in [5.41, 5.74) is 20.9. The summed E-state index contributed by atoms with van der Waals surface area (Å²) >= 11 is 9.14. The summed E-state index contributed by atoms with van der Waals surface area (Å²) in [6.45, 7) is 26.1. The average Bonchev–Trinajstić information content (AvgIpc) is 1.65. The van der Waals surface area contributed by atoms with Gasteiger partial charge in [0.2, 0.25) is 83.4 Å². The van der Waals surface area contributed by atoms with Gasteiger partial charge in [0.05, 0.1) is 15.0 Å². The lowest BCUT2D eigenvalue weighted by atomic mass is 9.99. The molecule has 2 aliphatic heterocycles. The molecule has 149 heavy (non-hydrogen) atoms. The van der Waals surface area contributed by atoms with Crippen molar-refractivity contribution >= 4 is 214 Å². The predicted octanol–water partition coefficient (Wildman–Crippen LogP) is 20.4. The van der Waals surface area contributed by atoms with Crippen molar-refractivity contribution in [3.05, 3.63) is 365 Å². The first kappa shape index (κ1) is 108. The molecule has 37 nitrogen and oxygen atoms in total. The molecule has 0 radical (unpaired) electrons. The van der Waals surface area contributed by atoms with Crippen LogP contribution in [-0.2, 0) is 75.2 Å². The molecular weight excluding hydrogens is 2030 g/mol. The Bertz CT molecular complexity index is 7880. The molecule has 7 heterocycles. The van der Waals surface area contributed by atoms with E-state index in [9.17, 15) is 44.4 Å². The van der Waals surface area contributed by atoms with E-state index in [4.69, 9.17) is 21.9 Å². The van der Waals surface area contributed by atoms with Crippen LogP contribution in [0.2, 0.25) is 0 Å². The third kappa shape index (κ3) is 31.4. The molecule has 0 atom stereocenters. The number of rotatable bonds is 31. The zero-order valence-corrected chi connectivity index (χ0v) is 87.0. The third-order valence-electron chi connectivity index (χ3n) is 22.9. The number of carbonyl (C=O) groups excluding carboxylic acids is 4. The summed E-state index contributed by atoms with van der Waals surface area (Å²) < 4.78 is 74.2. The lowest BCUT2D eigenvalue weighted by Gasteiger charge is -2.28. The minimum absolute atomic E-state index is 0.00154. The fraction of sp³-hybridized carbons (Fsp3) is 0.159. The van der Waals surface area contributed by atoms with Crippen LogP contribution in [0.3, 0.4) is 0 Å². The summed E-state index contributed by atoms with van der Waals surface area (Å²) in [6.07, 6.45) is 15.3. The van der Waals surface area contributed by atoms with E-state index >= 15 is 0 Å².